The number of hydrogen-bond donors (Lipinski definition) is 2. The summed E-state index contributed by atoms with van der Waals surface area (Å²) in [6, 6.07) is 17.6. The van der Waals surface area contributed by atoms with Crippen LogP contribution in [0.4, 0.5) is 5.69 Å². The maximum Gasteiger partial charge on any atom is 0.358 e. The predicted molar refractivity (Wildman–Crippen MR) is 116 cm³/mol. The molecule has 160 valence electrons. The lowest BCUT2D eigenvalue weighted by molar-refractivity contribution is -0.116. The zero-order valence-corrected chi connectivity index (χ0v) is 17.2. The Labute approximate surface area is 180 Å². The smallest absolute Gasteiger partial charge is 0.358 e. The molecule has 0 saturated heterocycles. The maximum atomic E-state index is 12.2. The average Bonchev–Trinajstić information content (AvgIpc) is 3.28. The van der Waals surface area contributed by atoms with E-state index in [-0.39, 0.29) is 30.5 Å². The molecule has 0 radical (unpaired) electrons. The fraction of sp³-hybridized carbons (Fsp3) is 0.217. The average molecular weight is 420 g/mol. The molecule has 0 atom stereocenters. The predicted octanol–water partition coefficient (Wildman–Crippen LogP) is 3.20. The number of aromatic nitrogens is 2. The van der Waals surface area contributed by atoms with Crippen LogP contribution in [0.2, 0.25) is 0 Å². The first-order valence-corrected chi connectivity index (χ1v) is 10.0. The molecule has 2 amide bonds. The van der Waals surface area contributed by atoms with Crippen molar-refractivity contribution in [2.24, 2.45) is 0 Å². The van der Waals surface area contributed by atoms with Gasteiger partial charge in [0.15, 0.2) is 5.69 Å². The zero-order chi connectivity index (χ0) is 22.1. The second-order valence-corrected chi connectivity index (χ2v) is 6.69. The van der Waals surface area contributed by atoms with E-state index in [0.29, 0.717) is 29.9 Å². The molecule has 8 heteroatoms. The number of ether oxygens (including phenoxy) is 1. The first kappa shape index (κ1) is 21.8. The molecule has 3 aromatic rings. The molecule has 0 aliphatic heterocycles. The lowest BCUT2D eigenvalue weighted by Crippen LogP contribution is -2.25. The van der Waals surface area contributed by atoms with Crippen LogP contribution < -0.4 is 10.6 Å². The topological polar surface area (TPSA) is 102 Å². The van der Waals surface area contributed by atoms with E-state index in [9.17, 15) is 14.4 Å². The van der Waals surface area contributed by atoms with Gasteiger partial charge in [-0.05, 0) is 49.7 Å². The van der Waals surface area contributed by atoms with Gasteiger partial charge in [0.25, 0.3) is 5.91 Å². The van der Waals surface area contributed by atoms with Crippen LogP contribution in [0.1, 0.15) is 40.6 Å². The Morgan fingerprint density at radius 3 is 2.61 bits per heavy atom. The van der Waals surface area contributed by atoms with E-state index in [0.717, 1.165) is 0 Å². The van der Waals surface area contributed by atoms with Crippen LogP contribution in [-0.2, 0) is 9.53 Å². The number of hydrogen-bond acceptors (Lipinski definition) is 5. The standard InChI is InChI=1S/C23H24N4O4/c1-2-31-23(30)20-13-15-27(26-20)19-11-6-10-18(16-19)25-21(28)12-7-14-24-22(29)17-8-4-3-5-9-17/h3-6,8-11,13,15-16H,2,7,12,14H2,1H3,(H,24,29)(H,25,28). The highest BCUT2D eigenvalue weighted by molar-refractivity contribution is 5.94. The molecule has 3 rings (SSSR count). The molecule has 0 saturated carbocycles. The summed E-state index contributed by atoms with van der Waals surface area (Å²) in [5, 5.41) is 9.85. The van der Waals surface area contributed by atoms with Gasteiger partial charge in [0, 0.05) is 30.4 Å². The van der Waals surface area contributed by atoms with Gasteiger partial charge in [-0.15, -0.1) is 0 Å². The minimum Gasteiger partial charge on any atom is -0.461 e. The van der Waals surface area contributed by atoms with Crippen molar-refractivity contribution < 1.29 is 19.1 Å². The molecular weight excluding hydrogens is 396 g/mol. The zero-order valence-electron chi connectivity index (χ0n) is 17.2. The van der Waals surface area contributed by atoms with E-state index >= 15 is 0 Å². The molecule has 1 heterocycles. The monoisotopic (exact) mass is 420 g/mol. The van der Waals surface area contributed by atoms with Crippen molar-refractivity contribution in [1.82, 2.24) is 15.1 Å². The van der Waals surface area contributed by atoms with E-state index in [1.807, 2.05) is 12.1 Å². The van der Waals surface area contributed by atoms with Crippen LogP contribution >= 0.6 is 0 Å². The molecule has 8 nitrogen and oxygen atoms in total. The van der Waals surface area contributed by atoms with Gasteiger partial charge in [0.2, 0.25) is 5.91 Å². The third kappa shape index (κ3) is 6.27. The molecule has 0 fully saturated rings. The second-order valence-electron chi connectivity index (χ2n) is 6.69. The van der Waals surface area contributed by atoms with Crippen molar-refractivity contribution in [2.75, 3.05) is 18.5 Å². The highest BCUT2D eigenvalue weighted by Gasteiger charge is 2.11. The van der Waals surface area contributed by atoms with Crippen LogP contribution in [0.25, 0.3) is 5.69 Å². The Morgan fingerprint density at radius 2 is 1.84 bits per heavy atom. The summed E-state index contributed by atoms with van der Waals surface area (Å²) in [4.78, 5) is 36.0. The highest BCUT2D eigenvalue weighted by Crippen LogP contribution is 2.15. The van der Waals surface area contributed by atoms with Crippen molar-refractivity contribution >= 4 is 23.5 Å². The normalized spacial score (nSPS) is 10.4. The number of esters is 1. The summed E-state index contributed by atoms with van der Waals surface area (Å²) < 4.78 is 6.48. The number of carbonyl (C=O) groups excluding carboxylic acids is 3. The first-order chi connectivity index (χ1) is 15.1. The van der Waals surface area contributed by atoms with Gasteiger partial charge in [0.05, 0.1) is 12.3 Å². The number of nitrogens with zero attached hydrogens (tertiary/aromatic N) is 2. The highest BCUT2D eigenvalue weighted by atomic mass is 16.5. The van der Waals surface area contributed by atoms with Crippen molar-refractivity contribution in [3.05, 3.63) is 78.1 Å². The van der Waals surface area contributed by atoms with Crippen LogP contribution in [-0.4, -0.2) is 40.7 Å². The van der Waals surface area contributed by atoms with Crippen molar-refractivity contribution in [2.45, 2.75) is 19.8 Å². The van der Waals surface area contributed by atoms with E-state index < -0.39 is 5.97 Å². The Hall–Kier alpha value is -3.94. The Balaban J connectivity index is 1.48. The minimum absolute atomic E-state index is 0.154. The van der Waals surface area contributed by atoms with Gasteiger partial charge in [-0.1, -0.05) is 24.3 Å². The molecule has 0 spiro atoms. The van der Waals surface area contributed by atoms with Crippen LogP contribution in [0.15, 0.2) is 66.9 Å². The maximum absolute atomic E-state index is 12.2. The third-order valence-corrected chi connectivity index (χ3v) is 4.37. The number of nitrogens with one attached hydrogen (secondary N) is 2. The van der Waals surface area contributed by atoms with Crippen molar-refractivity contribution in [3.8, 4) is 5.69 Å². The summed E-state index contributed by atoms with van der Waals surface area (Å²) >= 11 is 0. The lowest BCUT2D eigenvalue weighted by atomic mass is 10.2. The summed E-state index contributed by atoms with van der Waals surface area (Å²) in [6.45, 7) is 2.42. The molecule has 0 aliphatic carbocycles. The Morgan fingerprint density at radius 1 is 1.03 bits per heavy atom. The van der Waals surface area contributed by atoms with E-state index in [2.05, 4.69) is 15.7 Å². The Bertz CT molecular complexity index is 1050. The first-order valence-electron chi connectivity index (χ1n) is 10.0. The summed E-state index contributed by atoms with van der Waals surface area (Å²) in [5.41, 5.74) is 2.12. The quantitative estimate of drug-likeness (QED) is 0.409. The van der Waals surface area contributed by atoms with Gasteiger partial charge in [0.1, 0.15) is 0 Å². The number of amides is 2. The summed E-state index contributed by atoms with van der Waals surface area (Å²) in [5.74, 6) is -0.793. The fourth-order valence-electron chi connectivity index (χ4n) is 2.87. The van der Waals surface area contributed by atoms with Gasteiger partial charge < -0.3 is 15.4 Å². The SMILES string of the molecule is CCOC(=O)c1ccn(-c2cccc(NC(=O)CCCNC(=O)c3ccccc3)c2)n1. The van der Waals surface area contributed by atoms with Crippen LogP contribution in [0.3, 0.4) is 0 Å². The van der Waals surface area contributed by atoms with Crippen molar-refractivity contribution in [3.63, 3.8) is 0 Å². The molecule has 2 N–H and O–H groups in total. The molecule has 0 unspecified atom stereocenters. The van der Waals surface area contributed by atoms with E-state index in [1.165, 1.54) is 0 Å². The molecule has 1 aromatic heterocycles. The van der Waals surface area contributed by atoms with Gasteiger partial charge in [-0.25, -0.2) is 9.48 Å². The summed E-state index contributed by atoms with van der Waals surface area (Å²) in [7, 11) is 0. The number of anilines is 1. The number of benzene rings is 2. The third-order valence-electron chi connectivity index (χ3n) is 4.37. The molecular formula is C23H24N4O4. The second kappa shape index (κ2) is 10.7. The minimum atomic E-state index is -0.481. The molecule has 2 aromatic carbocycles. The summed E-state index contributed by atoms with van der Waals surface area (Å²) in [6.07, 6.45) is 2.45. The van der Waals surface area contributed by atoms with Crippen LogP contribution in [0, 0.1) is 0 Å². The molecule has 0 aliphatic rings. The van der Waals surface area contributed by atoms with Crippen molar-refractivity contribution in [1.29, 1.82) is 0 Å². The van der Waals surface area contributed by atoms with Gasteiger partial charge >= 0.3 is 5.97 Å². The fourth-order valence-corrected chi connectivity index (χ4v) is 2.87. The largest absolute Gasteiger partial charge is 0.461 e. The number of rotatable bonds is 9. The van der Waals surface area contributed by atoms with E-state index in [4.69, 9.17) is 4.74 Å². The molecule has 0 bridgehead atoms. The number of carbonyl (C=O) groups is 3. The van der Waals surface area contributed by atoms with E-state index in [1.54, 1.807) is 66.3 Å². The lowest BCUT2D eigenvalue weighted by Gasteiger charge is -2.08. The van der Waals surface area contributed by atoms with Gasteiger partial charge in [-0.2, -0.15) is 5.10 Å². The Kier molecular flexibility index (Phi) is 7.53. The van der Waals surface area contributed by atoms with Gasteiger partial charge in [-0.3, -0.25) is 9.59 Å². The van der Waals surface area contributed by atoms with Crippen LogP contribution in [0.5, 0.6) is 0 Å². The molecule has 31 heavy (non-hydrogen) atoms.